The molecule has 132 valence electrons. The maximum absolute atomic E-state index is 12.8. The molecule has 0 unspecified atom stereocenters. The predicted molar refractivity (Wildman–Crippen MR) is 83.0 cm³/mol. The van der Waals surface area contributed by atoms with Crippen molar-refractivity contribution in [3.05, 3.63) is 57.6 Å². The molecule has 0 N–H and O–H groups in total. The molecular weight excluding hydrogens is 339 g/mol. The number of hydrogen-bond acceptors (Lipinski definition) is 4. The van der Waals surface area contributed by atoms with Crippen LogP contribution < -0.4 is 9.47 Å². The Morgan fingerprint density at radius 1 is 1.20 bits per heavy atom. The van der Waals surface area contributed by atoms with Crippen molar-refractivity contribution >= 4 is 5.69 Å². The number of nitro groups is 1. The van der Waals surface area contributed by atoms with Crippen LogP contribution in [-0.4, -0.2) is 10.5 Å². The molecule has 25 heavy (non-hydrogen) atoms. The van der Waals surface area contributed by atoms with Gasteiger partial charge < -0.3 is 9.47 Å². The molecule has 1 aliphatic heterocycles. The highest BCUT2D eigenvalue weighted by Gasteiger charge is 2.35. The molecule has 0 saturated carbocycles. The van der Waals surface area contributed by atoms with E-state index in [-0.39, 0.29) is 11.5 Å². The van der Waals surface area contributed by atoms with Gasteiger partial charge in [-0.1, -0.05) is 12.1 Å². The van der Waals surface area contributed by atoms with Crippen molar-refractivity contribution in [2.45, 2.75) is 32.0 Å². The average molecular weight is 353 g/mol. The molecule has 2 aromatic rings. The third-order valence-electron chi connectivity index (χ3n) is 3.76. The minimum Gasteiger partial charge on any atom is -0.483 e. The Morgan fingerprint density at radius 2 is 1.92 bits per heavy atom. The van der Waals surface area contributed by atoms with Crippen LogP contribution >= 0.6 is 0 Å². The van der Waals surface area contributed by atoms with E-state index in [2.05, 4.69) is 0 Å². The lowest BCUT2D eigenvalue weighted by Gasteiger charge is -2.18. The van der Waals surface area contributed by atoms with E-state index in [1.807, 2.05) is 19.9 Å². The van der Waals surface area contributed by atoms with Crippen molar-refractivity contribution in [1.82, 2.24) is 0 Å². The first-order valence-corrected chi connectivity index (χ1v) is 7.41. The van der Waals surface area contributed by atoms with E-state index in [1.165, 1.54) is 0 Å². The molecule has 0 saturated heterocycles. The number of nitro benzene ring substituents is 1. The zero-order valence-electron chi connectivity index (χ0n) is 13.4. The van der Waals surface area contributed by atoms with E-state index in [9.17, 15) is 23.3 Å². The first-order valence-electron chi connectivity index (χ1n) is 7.41. The number of halogens is 3. The summed E-state index contributed by atoms with van der Waals surface area (Å²) in [5.41, 5.74) is -1.45. The number of nitrogens with zero attached hydrogens (tertiary/aromatic N) is 1. The Hall–Kier alpha value is -2.77. The molecule has 0 amide bonds. The molecule has 1 heterocycles. The Bertz CT molecular complexity index is 846. The first-order chi connectivity index (χ1) is 11.6. The van der Waals surface area contributed by atoms with Gasteiger partial charge in [-0.2, -0.15) is 13.2 Å². The fourth-order valence-corrected chi connectivity index (χ4v) is 2.71. The largest absolute Gasteiger partial charge is 0.483 e. The topological polar surface area (TPSA) is 61.6 Å². The van der Waals surface area contributed by atoms with Crippen LogP contribution in [0.25, 0.3) is 0 Å². The van der Waals surface area contributed by atoms with Crippen LogP contribution in [0.4, 0.5) is 18.9 Å². The molecule has 0 aliphatic carbocycles. The number of hydrogen-bond donors (Lipinski definition) is 0. The smallest absolute Gasteiger partial charge is 0.416 e. The second kappa shape index (κ2) is 5.65. The number of alkyl halides is 3. The van der Waals surface area contributed by atoms with Gasteiger partial charge in [0, 0.05) is 18.1 Å². The number of rotatable bonds is 3. The molecule has 0 fully saturated rings. The van der Waals surface area contributed by atoms with Crippen molar-refractivity contribution < 1.29 is 27.6 Å². The minimum absolute atomic E-state index is 0.228. The van der Waals surface area contributed by atoms with Gasteiger partial charge in [0.2, 0.25) is 5.75 Å². The highest BCUT2D eigenvalue weighted by Crippen LogP contribution is 2.45. The fourth-order valence-electron chi connectivity index (χ4n) is 2.71. The summed E-state index contributed by atoms with van der Waals surface area (Å²) in [5.74, 6) is 0.396. The molecular formula is C17H14F3NO4. The Kier molecular flexibility index (Phi) is 3.85. The van der Waals surface area contributed by atoms with Gasteiger partial charge in [0.15, 0.2) is 11.5 Å². The van der Waals surface area contributed by atoms with Crippen molar-refractivity contribution in [3.63, 3.8) is 0 Å². The molecule has 3 rings (SSSR count). The summed E-state index contributed by atoms with van der Waals surface area (Å²) >= 11 is 0. The van der Waals surface area contributed by atoms with E-state index >= 15 is 0 Å². The molecule has 2 aromatic carbocycles. The quantitative estimate of drug-likeness (QED) is 0.568. The maximum atomic E-state index is 12.8. The lowest BCUT2D eigenvalue weighted by atomic mass is 10.0. The van der Waals surface area contributed by atoms with E-state index in [0.717, 1.165) is 17.7 Å². The fraction of sp³-hybridized carbons (Fsp3) is 0.294. The SMILES string of the molecule is CC1(C)Cc2cccc(Oc3ccc(C(F)(F)F)cc3[N+](=O)[O-])c2O1. The van der Waals surface area contributed by atoms with Crippen molar-refractivity contribution in [2.75, 3.05) is 0 Å². The molecule has 0 radical (unpaired) electrons. The zero-order chi connectivity index (χ0) is 18.4. The van der Waals surface area contributed by atoms with Gasteiger partial charge in [-0.25, -0.2) is 0 Å². The van der Waals surface area contributed by atoms with Crippen molar-refractivity contribution in [1.29, 1.82) is 0 Å². The average Bonchev–Trinajstić information content (AvgIpc) is 2.81. The molecule has 8 heteroatoms. The Labute approximate surface area is 141 Å². The second-order valence-electron chi connectivity index (χ2n) is 6.32. The van der Waals surface area contributed by atoms with Crippen LogP contribution in [0.5, 0.6) is 17.2 Å². The highest BCUT2D eigenvalue weighted by molar-refractivity contribution is 5.56. The van der Waals surface area contributed by atoms with E-state index in [0.29, 0.717) is 18.2 Å². The summed E-state index contributed by atoms with van der Waals surface area (Å²) in [5, 5.41) is 11.2. The van der Waals surface area contributed by atoms with Gasteiger partial charge >= 0.3 is 11.9 Å². The van der Waals surface area contributed by atoms with Gasteiger partial charge in [-0.15, -0.1) is 0 Å². The lowest BCUT2D eigenvalue weighted by molar-refractivity contribution is -0.385. The van der Waals surface area contributed by atoms with Gasteiger partial charge in [0.1, 0.15) is 5.60 Å². The lowest BCUT2D eigenvalue weighted by Crippen LogP contribution is -2.24. The van der Waals surface area contributed by atoms with Crippen LogP contribution in [-0.2, 0) is 12.6 Å². The van der Waals surface area contributed by atoms with E-state index in [4.69, 9.17) is 9.47 Å². The summed E-state index contributed by atoms with van der Waals surface area (Å²) in [4.78, 5) is 10.3. The normalized spacial score (nSPS) is 15.4. The summed E-state index contributed by atoms with van der Waals surface area (Å²) < 4.78 is 49.7. The summed E-state index contributed by atoms with van der Waals surface area (Å²) in [6.07, 6.45) is -4.04. The molecule has 0 aromatic heterocycles. The van der Waals surface area contributed by atoms with Gasteiger partial charge in [-0.05, 0) is 32.0 Å². The zero-order valence-corrected chi connectivity index (χ0v) is 13.4. The van der Waals surface area contributed by atoms with Crippen LogP contribution in [0.2, 0.25) is 0 Å². The molecule has 0 atom stereocenters. The number of benzene rings is 2. The maximum Gasteiger partial charge on any atom is 0.416 e. The molecule has 0 spiro atoms. The summed E-state index contributed by atoms with van der Waals surface area (Å²) in [6, 6.07) is 7.26. The van der Waals surface area contributed by atoms with Crippen LogP contribution in [0.3, 0.4) is 0 Å². The summed E-state index contributed by atoms with van der Waals surface area (Å²) in [7, 11) is 0. The minimum atomic E-state index is -4.68. The van der Waals surface area contributed by atoms with E-state index in [1.54, 1.807) is 12.1 Å². The van der Waals surface area contributed by atoms with Gasteiger partial charge in [0.25, 0.3) is 0 Å². The Balaban J connectivity index is 2.00. The predicted octanol–water partition coefficient (Wildman–Crippen LogP) is 5.12. The molecule has 1 aliphatic rings. The monoisotopic (exact) mass is 353 g/mol. The van der Waals surface area contributed by atoms with Crippen LogP contribution in [0.1, 0.15) is 25.0 Å². The van der Waals surface area contributed by atoms with Gasteiger partial charge in [0.05, 0.1) is 10.5 Å². The molecule has 0 bridgehead atoms. The third-order valence-corrected chi connectivity index (χ3v) is 3.76. The summed E-state index contributed by atoms with van der Waals surface area (Å²) in [6.45, 7) is 3.77. The highest BCUT2D eigenvalue weighted by atomic mass is 19.4. The number of para-hydroxylation sites is 1. The van der Waals surface area contributed by atoms with Crippen molar-refractivity contribution in [3.8, 4) is 17.2 Å². The standard InChI is InChI=1S/C17H14F3NO4/c1-16(2)9-10-4-3-5-14(15(10)25-16)24-13-7-6-11(17(18,19)20)8-12(13)21(22)23/h3-8H,9H2,1-2H3. The van der Waals surface area contributed by atoms with Crippen LogP contribution in [0.15, 0.2) is 36.4 Å². The number of fused-ring (bicyclic) bond motifs is 1. The van der Waals surface area contributed by atoms with Crippen molar-refractivity contribution in [2.24, 2.45) is 0 Å². The second-order valence-corrected chi connectivity index (χ2v) is 6.32. The number of ether oxygens (including phenoxy) is 2. The third kappa shape index (κ3) is 3.38. The van der Waals surface area contributed by atoms with E-state index < -0.39 is 28.0 Å². The molecule has 5 nitrogen and oxygen atoms in total. The first kappa shape index (κ1) is 17.1. The van der Waals surface area contributed by atoms with Gasteiger partial charge in [-0.3, -0.25) is 10.1 Å². The Morgan fingerprint density at radius 3 is 2.56 bits per heavy atom. The van der Waals surface area contributed by atoms with Crippen LogP contribution in [0, 0.1) is 10.1 Å².